The summed E-state index contributed by atoms with van der Waals surface area (Å²) in [6, 6.07) is 19.3. The molecule has 2 atom stereocenters. The van der Waals surface area contributed by atoms with Gasteiger partial charge in [-0.2, -0.15) is 13.4 Å². The molecule has 5 aliphatic rings. The number of benzene rings is 2. The minimum Gasteiger partial charge on any atom is -0.474 e. The number of sulfonamides is 1. The fourth-order valence-electron chi connectivity index (χ4n) is 11.4. The van der Waals surface area contributed by atoms with E-state index >= 15 is 0 Å². The zero-order valence-electron chi connectivity index (χ0n) is 37.7. The number of rotatable bonds is 11. The van der Waals surface area contributed by atoms with Gasteiger partial charge >= 0.3 is 5.69 Å². The molecule has 3 aromatic heterocycles. The number of nitrogens with zero attached hydrogens (tertiary/aromatic N) is 5. The molecule has 3 aliphatic heterocycles. The van der Waals surface area contributed by atoms with Gasteiger partial charge in [0.15, 0.2) is 10.7 Å². The molecule has 348 valence electrons. The van der Waals surface area contributed by atoms with Crippen molar-refractivity contribution in [2.24, 2.45) is 11.3 Å². The standard InChI is InChI=1S/C49H58N8O8S/c1-30(2)36-7-4-5-8-37(36)40-9-6-20-56(40)34-26-49(27-34)17-21-55(22-18-49)33-10-11-38(42(24-33)65-35-23-32-14-19-50-45(32)51-28-35)46(58)54-66(62,63)43-25-41(57(60)61)44-47(53-43)64-29-39(52-44)31-12-15-48(3,59)16-13-31/h4-5,7-8,10-11,14,19,23-25,28,30-31,34,39-40,52,59H,6,9,12-13,15-18,20-22,26-27,29H2,1-3H3,(H,50,51)(H,54,58)/t31-,39-,40+,48-/m1/s1. The molecule has 1 spiro atoms. The number of fused-ring (bicyclic) bond motifs is 2. The van der Waals surface area contributed by atoms with Crippen molar-refractivity contribution in [2.75, 3.05) is 36.5 Å². The Kier molecular flexibility index (Phi) is 11.4. The van der Waals surface area contributed by atoms with E-state index < -0.39 is 37.2 Å². The number of carbonyl (C=O) groups excluding carboxylic acids is 1. The Morgan fingerprint density at radius 1 is 1.03 bits per heavy atom. The van der Waals surface area contributed by atoms with Crippen LogP contribution in [0.5, 0.6) is 17.4 Å². The van der Waals surface area contributed by atoms with Crippen LogP contribution in [0.2, 0.25) is 0 Å². The Bertz CT molecular complexity index is 2770. The van der Waals surface area contributed by atoms with Crippen molar-refractivity contribution in [2.45, 2.75) is 120 Å². The summed E-state index contributed by atoms with van der Waals surface area (Å²) in [5.41, 5.74) is 3.34. The number of hydrogen-bond acceptors (Lipinski definition) is 13. The first-order valence-corrected chi connectivity index (χ1v) is 24.9. The summed E-state index contributed by atoms with van der Waals surface area (Å²) < 4.78 is 42.1. The second kappa shape index (κ2) is 17.1. The predicted octanol–water partition coefficient (Wildman–Crippen LogP) is 8.60. The highest BCUT2D eigenvalue weighted by molar-refractivity contribution is 7.90. The highest BCUT2D eigenvalue weighted by Gasteiger charge is 2.50. The van der Waals surface area contributed by atoms with Crippen LogP contribution in [-0.4, -0.2) is 88.1 Å². The third-order valence-corrected chi connectivity index (χ3v) is 16.3. The predicted molar refractivity (Wildman–Crippen MR) is 250 cm³/mol. The highest BCUT2D eigenvalue weighted by atomic mass is 32.2. The molecule has 10 rings (SSSR count). The molecule has 66 heavy (non-hydrogen) atoms. The molecule has 2 saturated carbocycles. The topological polar surface area (TPSA) is 205 Å². The third-order valence-electron chi connectivity index (χ3n) is 15.1. The fraction of sp³-hybridized carbons (Fsp3) is 0.490. The number of nitrogens with one attached hydrogen (secondary N) is 3. The smallest absolute Gasteiger partial charge is 0.300 e. The average Bonchev–Trinajstić information content (AvgIpc) is 3.98. The zero-order chi connectivity index (χ0) is 46.0. The first-order chi connectivity index (χ1) is 31.6. The molecule has 1 amide bonds. The van der Waals surface area contributed by atoms with E-state index in [1.807, 2.05) is 6.07 Å². The van der Waals surface area contributed by atoms with Gasteiger partial charge in [0.25, 0.3) is 15.9 Å². The van der Waals surface area contributed by atoms with Gasteiger partial charge in [-0.25, -0.2) is 9.71 Å². The van der Waals surface area contributed by atoms with E-state index in [1.165, 1.54) is 43.0 Å². The van der Waals surface area contributed by atoms with Crippen LogP contribution in [0.15, 0.2) is 78.1 Å². The molecule has 2 saturated heterocycles. The maximum Gasteiger partial charge on any atom is 0.300 e. The molecule has 0 unspecified atom stereocenters. The number of pyridine rings is 2. The van der Waals surface area contributed by atoms with Gasteiger partial charge in [0.2, 0.25) is 5.88 Å². The molecular weight excluding hydrogens is 861 g/mol. The lowest BCUT2D eigenvalue weighted by atomic mass is 9.59. The van der Waals surface area contributed by atoms with Crippen LogP contribution in [0.25, 0.3) is 11.0 Å². The van der Waals surface area contributed by atoms with E-state index in [0.717, 1.165) is 49.6 Å². The largest absolute Gasteiger partial charge is 0.474 e. The maximum absolute atomic E-state index is 14.1. The number of amides is 1. The summed E-state index contributed by atoms with van der Waals surface area (Å²) in [6.45, 7) is 9.26. The third kappa shape index (κ3) is 8.56. The number of likely N-dealkylation sites (tertiary alicyclic amines) is 1. The summed E-state index contributed by atoms with van der Waals surface area (Å²) in [6.07, 6.45) is 12.7. The number of H-pyrrole nitrogens is 1. The van der Waals surface area contributed by atoms with Crippen LogP contribution >= 0.6 is 0 Å². The SMILES string of the molecule is CC(C)c1ccccc1[C@@H]1CCCN1C1CC2(CCN(c3ccc(C(=O)NS(=O)(=O)c4cc([N+](=O)[O-])c5c(n4)OC[C@H]([C@H]4CC[C@](C)(O)CC4)N5)c(Oc4cnc5[nH]ccc5c4)c3)CC2)C1. The average molecular weight is 919 g/mol. The molecule has 2 aliphatic carbocycles. The Morgan fingerprint density at radius 3 is 2.56 bits per heavy atom. The quantitative estimate of drug-likeness (QED) is 0.0725. The van der Waals surface area contributed by atoms with Crippen molar-refractivity contribution in [3.05, 3.63) is 99.9 Å². The van der Waals surface area contributed by atoms with Gasteiger partial charge in [0.1, 0.15) is 23.8 Å². The fourth-order valence-corrected chi connectivity index (χ4v) is 12.3. The van der Waals surface area contributed by atoms with Gasteiger partial charge in [0.05, 0.1) is 34.4 Å². The van der Waals surface area contributed by atoms with Crippen molar-refractivity contribution >= 4 is 44.0 Å². The zero-order valence-corrected chi connectivity index (χ0v) is 38.5. The molecule has 0 bridgehead atoms. The van der Waals surface area contributed by atoms with Gasteiger partial charge in [-0.3, -0.25) is 19.8 Å². The molecule has 16 nitrogen and oxygen atoms in total. The van der Waals surface area contributed by atoms with Crippen molar-refractivity contribution in [3.63, 3.8) is 0 Å². The van der Waals surface area contributed by atoms with Crippen LogP contribution in [-0.2, 0) is 10.0 Å². The summed E-state index contributed by atoms with van der Waals surface area (Å²) in [7, 11) is -4.77. The van der Waals surface area contributed by atoms with Gasteiger partial charge in [0, 0.05) is 48.5 Å². The minimum absolute atomic E-state index is 0.0256. The van der Waals surface area contributed by atoms with Crippen LogP contribution in [0.3, 0.4) is 0 Å². The number of aromatic amines is 1. The Balaban J connectivity index is 0.855. The van der Waals surface area contributed by atoms with Crippen LogP contribution < -0.4 is 24.4 Å². The van der Waals surface area contributed by atoms with Crippen LogP contribution in [0.4, 0.5) is 17.1 Å². The molecule has 4 N–H and O–H groups in total. The van der Waals surface area contributed by atoms with E-state index in [1.54, 1.807) is 37.4 Å². The van der Waals surface area contributed by atoms with Crippen LogP contribution in [0.1, 0.15) is 118 Å². The number of anilines is 2. The highest BCUT2D eigenvalue weighted by Crippen LogP contribution is 2.54. The lowest BCUT2D eigenvalue weighted by Crippen LogP contribution is -2.54. The number of ether oxygens (including phenoxy) is 2. The van der Waals surface area contributed by atoms with Crippen molar-refractivity contribution in [1.82, 2.24) is 24.6 Å². The molecule has 4 fully saturated rings. The number of aliphatic hydroxyl groups is 1. The number of piperidine rings is 1. The Morgan fingerprint density at radius 2 is 1.80 bits per heavy atom. The molecule has 5 aromatic rings. The summed E-state index contributed by atoms with van der Waals surface area (Å²) in [5.74, 6) is -0.213. The number of nitro groups is 1. The van der Waals surface area contributed by atoms with Gasteiger partial charge in [-0.1, -0.05) is 38.1 Å². The van der Waals surface area contributed by atoms with Gasteiger partial charge in [-0.05, 0) is 130 Å². The first kappa shape index (κ1) is 44.1. The molecular formula is C49H58N8O8S. The summed E-state index contributed by atoms with van der Waals surface area (Å²) >= 11 is 0. The van der Waals surface area contributed by atoms with E-state index in [-0.39, 0.29) is 46.9 Å². The Hall–Kier alpha value is -5.78. The molecule has 0 radical (unpaired) electrons. The van der Waals surface area contributed by atoms with Crippen molar-refractivity contribution in [3.8, 4) is 17.4 Å². The van der Waals surface area contributed by atoms with Crippen molar-refractivity contribution < 1.29 is 32.7 Å². The van der Waals surface area contributed by atoms with E-state index in [9.17, 15) is 28.4 Å². The van der Waals surface area contributed by atoms with Crippen molar-refractivity contribution in [1.29, 1.82) is 0 Å². The summed E-state index contributed by atoms with van der Waals surface area (Å²) in [4.78, 5) is 42.5. The second-order valence-electron chi connectivity index (χ2n) is 19.8. The summed E-state index contributed by atoms with van der Waals surface area (Å²) in [5, 5.41) is 26.0. The maximum atomic E-state index is 14.1. The lowest BCUT2D eigenvalue weighted by Gasteiger charge is -2.56. The van der Waals surface area contributed by atoms with Gasteiger partial charge in [-0.15, -0.1) is 0 Å². The van der Waals surface area contributed by atoms with Crippen LogP contribution in [0, 0.1) is 21.4 Å². The van der Waals surface area contributed by atoms with E-state index in [4.69, 9.17) is 9.47 Å². The molecule has 17 heteroatoms. The number of carbonyl (C=O) groups is 1. The number of hydrogen-bond donors (Lipinski definition) is 4. The lowest BCUT2D eigenvalue weighted by molar-refractivity contribution is -0.384. The second-order valence-corrected chi connectivity index (χ2v) is 21.5. The Labute approximate surface area is 384 Å². The molecule has 2 aromatic carbocycles. The first-order valence-electron chi connectivity index (χ1n) is 23.4. The minimum atomic E-state index is -4.77. The van der Waals surface area contributed by atoms with E-state index in [2.05, 4.69) is 72.9 Å². The normalized spacial score (nSPS) is 24.4. The molecule has 6 heterocycles. The number of aromatic nitrogens is 3. The van der Waals surface area contributed by atoms with Gasteiger partial charge < -0.3 is 29.8 Å². The van der Waals surface area contributed by atoms with E-state index in [0.29, 0.717) is 55.1 Å². The monoisotopic (exact) mass is 918 g/mol.